The van der Waals surface area contributed by atoms with Crippen LogP contribution in [0.2, 0.25) is 0 Å². The quantitative estimate of drug-likeness (QED) is 0.169. The molecule has 7 N–H and O–H groups in total. The minimum absolute atomic E-state index is 0. The molecule has 12 heteroatoms. The molecule has 0 atom stereocenters. The molecule has 0 saturated carbocycles. The van der Waals surface area contributed by atoms with Gasteiger partial charge in [-0.3, -0.25) is 0 Å². The van der Waals surface area contributed by atoms with Gasteiger partial charge in [0.2, 0.25) is 0 Å². The summed E-state index contributed by atoms with van der Waals surface area (Å²) in [5.74, 6) is 0. The average molecular weight is 266 g/mol. The normalized spacial score (nSPS) is 9.92. The van der Waals surface area contributed by atoms with Crippen LogP contribution in [0.15, 0.2) is 0 Å². The Morgan fingerprint density at radius 1 is 0.917 bits per heavy atom. The fraction of sp³-hybridized carbons (Fsp3) is 0. The van der Waals surface area contributed by atoms with E-state index in [9.17, 15) is 0 Å². The summed E-state index contributed by atoms with van der Waals surface area (Å²) >= 11 is 0. The van der Waals surface area contributed by atoms with Gasteiger partial charge in [-0.15, -0.1) is 0 Å². The van der Waals surface area contributed by atoms with Gasteiger partial charge in [-0.2, -0.15) is 0 Å². The Labute approximate surface area is 109 Å². The van der Waals surface area contributed by atoms with Crippen molar-refractivity contribution in [1.82, 2.24) is 0 Å². The van der Waals surface area contributed by atoms with Gasteiger partial charge in [-0.05, 0) is 0 Å². The molecule has 0 unspecified atom stereocenters. The van der Waals surface area contributed by atoms with E-state index >= 15 is 0 Å². The second-order valence-corrected chi connectivity index (χ2v) is 3.34. The fourth-order valence-electron chi connectivity index (χ4n) is 0. The predicted octanol–water partition coefficient (Wildman–Crippen LogP) is -5.64. The molecule has 0 aliphatic heterocycles. The van der Waals surface area contributed by atoms with E-state index in [2.05, 4.69) is 0 Å². The molecule has 74 valence electrons. The van der Waals surface area contributed by atoms with E-state index in [1.54, 1.807) is 0 Å². The van der Waals surface area contributed by atoms with Crippen LogP contribution < -0.4 is 0 Å². The average Bonchev–Trinajstić information content (AvgIpc) is 1.12. The first-order valence-corrected chi connectivity index (χ1v) is 5.03. The van der Waals surface area contributed by atoms with Gasteiger partial charge in [0.25, 0.3) is 0 Å². The molecule has 0 aromatic rings. The Kier molecular flexibility index (Phi) is 18.7. The monoisotopic (exact) mass is 266 g/mol. The Balaban J connectivity index is -0.0000000457. The number of hydrogen-bond acceptors (Lipinski definition) is 5. The molecule has 8 nitrogen and oxygen atoms in total. The second kappa shape index (κ2) is 9.51. The van der Waals surface area contributed by atoms with Crippen LogP contribution in [0, 0.1) is 0 Å². The number of hydrogen-bond donors (Lipinski definition) is 7. The molecule has 0 saturated heterocycles. The van der Waals surface area contributed by atoms with Gasteiger partial charge in [0.1, 0.15) is 0 Å². The zero-order valence-electron chi connectivity index (χ0n) is 4.49. The standard InChI is InChI=1S/Al.Ca.H3O4P.H4O4Si.5H/c;;2*1-5(2,3)4;;;;;/h;;(H3,1,2,3,4);1-4H;;;;;. The van der Waals surface area contributed by atoms with Crippen LogP contribution >= 0.6 is 7.82 Å². The molecule has 0 rings (SSSR count). The maximum atomic E-state index is 8.88. The third kappa shape index (κ3) is 374. The van der Waals surface area contributed by atoms with E-state index in [-0.39, 0.29) is 55.1 Å². The number of rotatable bonds is 0. The summed E-state index contributed by atoms with van der Waals surface area (Å²) in [4.78, 5) is 50.9. The van der Waals surface area contributed by atoms with Gasteiger partial charge in [0.05, 0.1) is 0 Å². The predicted molar refractivity (Wildman–Crippen MR) is 47.4 cm³/mol. The summed E-state index contributed by atoms with van der Waals surface area (Å²) in [7, 11) is -9.25. The van der Waals surface area contributed by atoms with Gasteiger partial charge in [-0.25, -0.2) is 4.57 Å². The molecule has 0 aromatic heterocycles. The molecule has 12 heavy (non-hydrogen) atoms. The van der Waals surface area contributed by atoms with Crippen molar-refractivity contribution in [1.29, 1.82) is 0 Å². The van der Waals surface area contributed by atoms with Crippen molar-refractivity contribution in [3.05, 3.63) is 0 Å². The van der Waals surface area contributed by atoms with Crippen molar-refractivity contribution in [2.24, 2.45) is 0 Å². The van der Waals surface area contributed by atoms with Gasteiger partial charge >= 0.3 is 54.6 Å². The van der Waals surface area contributed by atoms with Crippen molar-refractivity contribution < 1.29 is 38.4 Å². The third-order valence-corrected chi connectivity index (χ3v) is 0. The van der Waals surface area contributed by atoms with E-state index < -0.39 is 16.9 Å². The summed E-state index contributed by atoms with van der Waals surface area (Å²) in [6.07, 6.45) is 0. The zero-order chi connectivity index (χ0) is 9.00. The molecular weight excluding hydrogens is 254 g/mol. The Hall–Kier alpha value is 1.96. The van der Waals surface area contributed by atoms with Crippen molar-refractivity contribution in [3.8, 4) is 0 Å². The first-order chi connectivity index (χ1) is 4.00. The molecule has 0 bridgehead atoms. The summed E-state index contributed by atoms with van der Waals surface area (Å²) in [5, 5.41) is 0. The Morgan fingerprint density at radius 3 is 0.917 bits per heavy atom. The zero-order valence-corrected chi connectivity index (χ0v) is 6.38. The molecule has 0 aromatic carbocycles. The van der Waals surface area contributed by atoms with E-state index in [4.69, 9.17) is 38.4 Å². The molecule has 0 fully saturated rings. The molecular formula is H12AlCaO8PSi. The van der Waals surface area contributed by atoms with Crippen molar-refractivity contribution >= 4 is 72.0 Å². The third-order valence-electron chi connectivity index (χ3n) is 0. The molecule has 0 amide bonds. The van der Waals surface area contributed by atoms with Gasteiger partial charge in [-0.1, -0.05) is 0 Å². The number of phosphoric acid groups is 1. The second-order valence-electron chi connectivity index (χ2n) is 1.11. The summed E-state index contributed by atoms with van der Waals surface area (Å²) in [6.45, 7) is 0. The molecule has 0 aliphatic carbocycles. The Morgan fingerprint density at radius 2 is 0.917 bits per heavy atom. The van der Waals surface area contributed by atoms with E-state index in [1.807, 2.05) is 0 Å². The van der Waals surface area contributed by atoms with Crippen molar-refractivity contribution in [3.63, 3.8) is 0 Å². The minimum atomic E-state index is -4.64. The van der Waals surface area contributed by atoms with Crippen LogP contribution in [0.1, 0.15) is 0 Å². The first-order valence-electron chi connectivity index (χ1n) is 1.68. The van der Waals surface area contributed by atoms with Gasteiger partial charge in [0, 0.05) is 0 Å². The van der Waals surface area contributed by atoms with Gasteiger partial charge in [0.15, 0.2) is 17.4 Å². The first kappa shape index (κ1) is 23.6. The Bertz CT molecular complexity index is 111. The molecule has 0 aliphatic rings. The molecule has 0 spiro atoms. The summed E-state index contributed by atoms with van der Waals surface area (Å²) in [5.41, 5.74) is 0. The van der Waals surface area contributed by atoms with Crippen LogP contribution in [0.3, 0.4) is 0 Å². The summed E-state index contributed by atoms with van der Waals surface area (Å²) in [6, 6.07) is 0. The van der Waals surface area contributed by atoms with Crippen molar-refractivity contribution in [2.45, 2.75) is 0 Å². The van der Waals surface area contributed by atoms with Crippen LogP contribution in [0.5, 0.6) is 0 Å². The fourth-order valence-corrected chi connectivity index (χ4v) is 0. The maximum absolute atomic E-state index is 8.88. The van der Waals surface area contributed by atoms with Crippen LogP contribution in [0.4, 0.5) is 0 Å². The van der Waals surface area contributed by atoms with E-state index in [0.29, 0.717) is 0 Å². The van der Waals surface area contributed by atoms with Crippen LogP contribution in [-0.4, -0.2) is 98.0 Å². The van der Waals surface area contributed by atoms with Gasteiger partial charge < -0.3 is 33.9 Å². The van der Waals surface area contributed by atoms with Crippen LogP contribution in [0.25, 0.3) is 0 Å². The molecule has 0 heterocycles. The van der Waals surface area contributed by atoms with Crippen molar-refractivity contribution in [2.75, 3.05) is 0 Å². The van der Waals surface area contributed by atoms with E-state index in [1.165, 1.54) is 0 Å². The SMILES string of the molecule is O=P(O)(O)O.O[Si](O)(O)O.[AlH3].[CaH2]. The topological polar surface area (TPSA) is 159 Å². The van der Waals surface area contributed by atoms with Crippen LogP contribution in [-0.2, 0) is 4.57 Å². The van der Waals surface area contributed by atoms with E-state index in [0.717, 1.165) is 0 Å². The molecule has 0 radical (unpaired) electrons. The summed E-state index contributed by atoms with van der Waals surface area (Å²) < 4.78 is 8.88.